The van der Waals surface area contributed by atoms with Gasteiger partial charge in [0.05, 0.1) is 6.04 Å². The molecule has 1 amide bonds. The van der Waals surface area contributed by atoms with Crippen molar-refractivity contribution in [1.29, 1.82) is 0 Å². The Morgan fingerprint density at radius 2 is 1.94 bits per heavy atom. The van der Waals surface area contributed by atoms with E-state index in [9.17, 15) is 4.79 Å². The van der Waals surface area contributed by atoms with Gasteiger partial charge >= 0.3 is 0 Å². The van der Waals surface area contributed by atoms with E-state index in [1.54, 1.807) is 0 Å². The van der Waals surface area contributed by atoms with Crippen molar-refractivity contribution >= 4 is 5.91 Å². The maximum absolute atomic E-state index is 12.6. The lowest BCUT2D eigenvalue weighted by Gasteiger charge is -2.39. The standard InChI is InChI=1S/C15H26N2O/c1-16-13-4-2-3-9-17(15(13)18)14-8-6-11-5-7-12(14)10-11/h11-14,16H,2-10H2,1H3. The van der Waals surface area contributed by atoms with Crippen LogP contribution in [-0.4, -0.2) is 36.5 Å². The Morgan fingerprint density at radius 1 is 1.11 bits per heavy atom. The minimum atomic E-state index is 0.0756. The Morgan fingerprint density at radius 3 is 2.78 bits per heavy atom. The zero-order valence-corrected chi connectivity index (χ0v) is 11.5. The number of likely N-dealkylation sites (N-methyl/N-ethyl adjacent to an activating group) is 1. The zero-order chi connectivity index (χ0) is 12.5. The number of nitrogens with zero attached hydrogens (tertiary/aromatic N) is 1. The number of carbonyl (C=O) groups excluding carboxylic acids is 1. The molecule has 4 atom stereocenters. The Hall–Kier alpha value is -0.570. The Balaban J connectivity index is 1.74. The molecule has 3 nitrogen and oxygen atoms in total. The summed E-state index contributed by atoms with van der Waals surface area (Å²) in [7, 11) is 1.93. The lowest BCUT2D eigenvalue weighted by Crippen LogP contribution is -2.51. The predicted octanol–water partition coefficient (Wildman–Crippen LogP) is 2.17. The van der Waals surface area contributed by atoms with E-state index in [1.165, 1.54) is 44.9 Å². The fourth-order valence-electron chi connectivity index (χ4n) is 4.44. The molecule has 0 radical (unpaired) electrons. The molecule has 0 spiro atoms. The third kappa shape index (κ3) is 2.18. The zero-order valence-electron chi connectivity index (χ0n) is 11.5. The molecule has 2 saturated carbocycles. The van der Waals surface area contributed by atoms with E-state index < -0.39 is 0 Å². The van der Waals surface area contributed by atoms with Crippen molar-refractivity contribution < 1.29 is 4.79 Å². The number of nitrogens with one attached hydrogen (secondary N) is 1. The van der Waals surface area contributed by atoms with E-state index in [0.717, 1.165) is 24.8 Å². The first-order valence-electron chi connectivity index (χ1n) is 7.77. The molecule has 0 aromatic carbocycles. The normalized spacial score (nSPS) is 40.9. The van der Waals surface area contributed by atoms with Crippen LogP contribution >= 0.6 is 0 Å². The number of carbonyl (C=O) groups is 1. The second-order valence-corrected chi connectivity index (χ2v) is 6.45. The number of amides is 1. The van der Waals surface area contributed by atoms with Crippen LogP contribution in [-0.2, 0) is 4.79 Å². The Labute approximate surface area is 110 Å². The van der Waals surface area contributed by atoms with Gasteiger partial charge in [-0.3, -0.25) is 4.79 Å². The minimum absolute atomic E-state index is 0.0756. The summed E-state index contributed by atoms with van der Waals surface area (Å²) in [6, 6.07) is 0.636. The van der Waals surface area contributed by atoms with Crippen molar-refractivity contribution in [3.63, 3.8) is 0 Å². The molecule has 1 saturated heterocycles. The van der Waals surface area contributed by atoms with Crippen LogP contribution in [0.3, 0.4) is 0 Å². The van der Waals surface area contributed by atoms with E-state index in [-0.39, 0.29) is 6.04 Å². The SMILES string of the molecule is CNC1CCCCN(C2CCC3CCC2C3)C1=O. The molecule has 1 heterocycles. The summed E-state index contributed by atoms with van der Waals surface area (Å²) in [4.78, 5) is 14.9. The van der Waals surface area contributed by atoms with Gasteiger partial charge in [-0.05, 0) is 63.8 Å². The van der Waals surface area contributed by atoms with Gasteiger partial charge in [-0.25, -0.2) is 0 Å². The molecule has 2 aliphatic carbocycles. The van der Waals surface area contributed by atoms with Crippen LogP contribution in [0.5, 0.6) is 0 Å². The molecule has 3 aliphatic rings. The van der Waals surface area contributed by atoms with Crippen LogP contribution in [0.15, 0.2) is 0 Å². The highest BCUT2D eigenvalue weighted by atomic mass is 16.2. The van der Waals surface area contributed by atoms with Crippen LogP contribution in [0, 0.1) is 11.8 Å². The number of likely N-dealkylation sites (tertiary alicyclic amines) is 1. The van der Waals surface area contributed by atoms with E-state index >= 15 is 0 Å². The van der Waals surface area contributed by atoms with E-state index in [0.29, 0.717) is 11.9 Å². The van der Waals surface area contributed by atoms with E-state index in [1.807, 2.05) is 7.05 Å². The lowest BCUT2D eigenvalue weighted by molar-refractivity contribution is -0.136. The average molecular weight is 250 g/mol. The average Bonchev–Trinajstić information content (AvgIpc) is 2.66. The molecule has 102 valence electrons. The van der Waals surface area contributed by atoms with Crippen molar-refractivity contribution in [3.05, 3.63) is 0 Å². The van der Waals surface area contributed by atoms with E-state index in [4.69, 9.17) is 0 Å². The van der Waals surface area contributed by atoms with Gasteiger partial charge in [0.2, 0.25) is 5.91 Å². The van der Waals surface area contributed by atoms with Crippen LogP contribution in [0.4, 0.5) is 0 Å². The molecule has 3 heteroatoms. The minimum Gasteiger partial charge on any atom is -0.338 e. The van der Waals surface area contributed by atoms with Gasteiger partial charge in [0.15, 0.2) is 0 Å². The van der Waals surface area contributed by atoms with Crippen LogP contribution in [0.25, 0.3) is 0 Å². The number of rotatable bonds is 2. The summed E-state index contributed by atoms with van der Waals surface area (Å²) in [6.45, 7) is 1.00. The molecule has 1 aliphatic heterocycles. The van der Waals surface area contributed by atoms with Crippen molar-refractivity contribution in [2.24, 2.45) is 11.8 Å². The molecule has 4 unspecified atom stereocenters. The first-order valence-corrected chi connectivity index (χ1v) is 7.77. The maximum atomic E-state index is 12.6. The highest BCUT2D eigenvalue weighted by Gasteiger charge is 2.41. The van der Waals surface area contributed by atoms with Gasteiger partial charge in [-0.2, -0.15) is 0 Å². The summed E-state index contributed by atoms with van der Waals surface area (Å²) in [5.74, 6) is 2.17. The molecule has 1 N–H and O–H groups in total. The maximum Gasteiger partial charge on any atom is 0.239 e. The molecule has 0 aromatic rings. The predicted molar refractivity (Wildman–Crippen MR) is 72.3 cm³/mol. The second kappa shape index (κ2) is 5.20. The first kappa shape index (κ1) is 12.5. The summed E-state index contributed by atoms with van der Waals surface area (Å²) in [6.07, 6.45) is 10.2. The Kier molecular flexibility index (Phi) is 3.60. The van der Waals surface area contributed by atoms with Gasteiger partial charge in [-0.1, -0.05) is 6.42 Å². The van der Waals surface area contributed by atoms with Crippen molar-refractivity contribution in [2.45, 2.75) is 63.5 Å². The molecular weight excluding hydrogens is 224 g/mol. The van der Waals surface area contributed by atoms with Crippen LogP contribution < -0.4 is 5.32 Å². The summed E-state index contributed by atoms with van der Waals surface area (Å²) >= 11 is 0. The first-order chi connectivity index (χ1) is 8.79. The van der Waals surface area contributed by atoms with Gasteiger partial charge in [0, 0.05) is 12.6 Å². The molecule has 0 aromatic heterocycles. The molecule has 2 bridgehead atoms. The third-order valence-corrected chi connectivity index (χ3v) is 5.47. The smallest absolute Gasteiger partial charge is 0.239 e. The van der Waals surface area contributed by atoms with Crippen molar-refractivity contribution in [1.82, 2.24) is 10.2 Å². The van der Waals surface area contributed by atoms with Gasteiger partial charge < -0.3 is 10.2 Å². The number of hydrogen-bond acceptors (Lipinski definition) is 2. The summed E-state index contributed by atoms with van der Waals surface area (Å²) in [5, 5.41) is 3.21. The summed E-state index contributed by atoms with van der Waals surface area (Å²) < 4.78 is 0. The van der Waals surface area contributed by atoms with Crippen molar-refractivity contribution in [3.8, 4) is 0 Å². The largest absolute Gasteiger partial charge is 0.338 e. The fraction of sp³-hybridized carbons (Fsp3) is 0.933. The quantitative estimate of drug-likeness (QED) is 0.814. The highest BCUT2D eigenvalue weighted by molar-refractivity contribution is 5.82. The second-order valence-electron chi connectivity index (χ2n) is 6.45. The monoisotopic (exact) mass is 250 g/mol. The number of fused-ring (bicyclic) bond motifs is 2. The van der Waals surface area contributed by atoms with Crippen LogP contribution in [0.1, 0.15) is 51.4 Å². The topological polar surface area (TPSA) is 32.3 Å². The molecule has 18 heavy (non-hydrogen) atoms. The van der Waals surface area contributed by atoms with E-state index in [2.05, 4.69) is 10.2 Å². The molecule has 3 fully saturated rings. The lowest BCUT2D eigenvalue weighted by atomic mass is 9.84. The van der Waals surface area contributed by atoms with Crippen LogP contribution in [0.2, 0.25) is 0 Å². The molecule has 3 rings (SSSR count). The summed E-state index contributed by atoms with van der Waals surface area (Å²) in [5.41, 5.74) is 0. The number of hydrogen-bond donors (Lipinski definition) is 1. The van der Waals surface area contributed by atoms with Gasteiger partial charge in [-0.15, -0.1) is 0 Å². The van der Waals surface area contributed by atoms with Crippen molar-refractivity contribution in [2.75, 3.05) is 13.6 Å². The fourth-order valence-corrected chi connectivity index (χ4v) is 4.44. The van der Waals surface area contributed by atoms with Gasteiger partial charge in [0.1, 0.15) is 0 Å². The third-order valence-electron chi connectivity index (χ3n) is 5.47. The molecular formula is C15H26N2O. The van der Waals surface area contributed by atoms with Gasteiger partial charge in [0.25, 0.3) is 0 Å². The Bertz CT molecular complexity index is 318. The highest BCUT2D eigenvalue weighted by Crippen LogP contribution is 2.44.